The number of hydrogen-bond donors (Lipinski definition) is 0. The summed E-state index contributed by atoms with van der Waals surface area (Å²) < 4.78 is 90.3. The van der Waals surface area contributed by atoms with E-state index < -0.39 is 0 Å². The summed E-state index contributed by atoms with van der Waals surface area (Å²) in [4.78, 5) is 0. The van der Waals surface area contributed by atoms with Gasteiger partial charge < -0.3 is 0 Å². The normalized spacial score (nSPS) is 12.9. The van der Waals surface area contributed by atoms with Crippen LogP contribution in [-0.2, 0) is 28.2 Å². The molecule has 0 aliphatic heterocycles. The molecule has 4 aromatic heterocycles. The lowest BCUT2D eigenvalue weighted by Gasteiger charge is -2.11. The second-order valence-corrected chi connectivity index (χ2v) is 19.6. The van der Waals surface area contributed by atoms with Gasteiger partial charge in [-0.05, 0) is 134 Å². The topological polar surface area (TPSA) is 15.5 Å². The molecule has 0 bridgehead atoms. The largest absolute Gasteiger partial charge is 0.212 e. The molecule has 0 spiro atoms. The lowest BCUT2D eigenvalue weighted by atomic mass is 9.96. The van der Waals surface area contributed by atoms with Crippen LogP contribution in [0.5, 0.6) is 0 Å². The SMILES string of the molecule is [2H]c1c(C(C)C)c(C)c([2H])[n+](C)c1-c1ccccc1C.[2H]c1c(C(C)C)c([2H])c(-c2ccccc2C)[n+](C)c1[2H].[2H]c1c(C)c(C(C)C)c([2H])[n+](C)c1-c1ccccc1C.[2H]c1c([2H])c(-c2ccccc2C)[n+](C)c([2H])c1C(C)C. The summed E-state index contributed by atoms with van der Waals surface area (Å²) in [6.45, 7) is 28.1. The second kappa shape index (κ2) is 24.9. The van der Waals surface area contributed by atoms with Crippen LogP contribution in [0.3, 0.4) is 0 Å². The Morgan fingerprint density at radius 1 is 0.329 bits per heavy atom. The Morgan fingerprint density at radius 2 is 0.714 bits per heavy atom. The van der Waals surface area contributed by atoms with Gasteiger partial charge in [0.25, 0.3) is 0 Å². The molecule has 4 nitrogen and oxygen atoms in total. The van der Waals surface area contributed by atoms with Crippen molar-refractivity contribution in [3.63, 3.8) is 0 Å². The second-order valence-electron chi connectivity index (χ2n) is 19.6. The van der Waals surface area contributed by atoms with Crippen LogP contribution in [0.2, 0.25) is 0 Å². The van der Waals surface area contributed by atoms with Gasteiger partial charge in [-0.15, -0.1) is 0 Å². The van der Waals surface area contributed by atoms with Gasteiger partial charge in [0.05, 0.1) is 8.22 Å². The molecule has 0 radical (unpaired) electrons. The summed E-state index contributed by atoms with van der Waals surface area (Å²) in [5, 5.41) is 0. The van der Waals surface area contributed by atoms with Crippen LogP contribution in [0.1, 0.15) is 148 Å². The number of nitrogens with zero attached hydrogens (tertiary/aromatic N) is 4. The van der Waals surface area contributed by atoms with Gasteiger partial charge in [-0.1, -0.05) is 128 Å². The first-order chi connectivity index (χ1) is 37.4. The molecular formula is C66H84N4+4. The molecule has 364 valence electrons. The Balaban J connectivity index is 0.000000196. The number of aryl methyl sites for hydroxylation is 4. The average Bonchev–Trinajstić information content (AvgIpc) is 3.40. The summed E-state index contributed by atoms with van der Waals surface area (Å²) in [5.74, 6) is 0.624. The standard InChI is InChI=1S/2C17H22N.2C16H20N/c1-12(2)16-10-17(18(5)11-14(16)4)15-9-7-6-8-13(15)3;1-12(2)16-11-18(5)17(10-14(16)4)15-9-7-6-8-13(15)3;1-12(2)14-9-10-17(4)16(11-14)15-8-6-5-7-13(15)3;1-12(2)14-9-10-16(17(4)11-14)15-8-6-5-7-13(15)3/h2*6-12H,1-5H3;2*5-12H,1-4H3/q4*+1/i2*10D,11D;2*9D,10D,11D. The molecule has 0 aliphatic carbocycles. The molecule has 0 fully saturated rings. The van der Waals surface area contributed by atoms with Crippen molar-refractivity contribution in [3.05, 3.63) is 214 Å². The molecule has 4 heterocycles. The third kappa shape index (κ3) is 13.8. The van der Waals surface area contributed by atoms with Crippen LogP contribution < -0.4 is 18.3 Å². The molecule has 8 aromatic rings. The minimum absolute atomic E-state index is 0.0584. The molecule has 0 saturated carbocycles. The molecular weight excluding hydrogens is 849 g/mol. The Bertz CT molecular complexity index is 3290. The van der Waals surface area contributed by atoms with E-state index in [0.717, 1.165) is 78.1 Å². The van der Waals surface area contributed by atoms with Crippen molar-refractivity contribution in [2.75, 3.05) is 0 Å². The van der Waals surface area contributed by atoms with Gasteiger partial charge in [0, 0.05) is 69.2 Å². The van der Waals surface area contributed by atoms with Crippen LogP contribution in [0, 0.1) is 41.5 Å². The fraction of sp³-hybridized carbons (Fsp3) is 0.333. The smallest absolute Gasteiger partial charge is 0.201 e. The summed E-state index contributed by atoms with van der Waals surface area (Å²) in [6.07, 6.45) is 1.47. The number of aromatic nitrogens is 4. The summed E-state index contributed by atoms with van der Waals surface area (Å²) in [6, 6.07) is 33.7. The van der Waals surface area contributed by atoms with Gasteiger partial charge in [-0.2, -0.15) is 0 Å². The number of hydrogen-bond acceptors (Lipinski definition) is 0. The zero-order chi connectivity index (χ0) is 60.1. The van der Waals surface area contributed by atoms with Crippen LogP contribution in [0.15, 0.2) is 158 Å². The Labute approximate surface area is 438 Å². The monoisotopic (exact) mass is 943 g/mol. The van der Waals surface area contributed by atoms with E-state index in [1.807, 2.05) is 190 Å². The molecule has 0 saturated heterocycles. The van der Waals surface area contributed by atoms with Gasteiger partial charge in [-0.25, -0.2) is 18.3 Å². The molecule has 0 atom stereocenters. The van der Waals surface area contributed by atoms with Crippen molar-refractivity contribution >= 4 is 0 Å². The van der Waals surface area contributed by atoms with Crippen molar-refractivity contribution in [1.82, 2.24) is 0 Å². The first-order valence-corrected chi connectivity index (χ1v) is 24.7. The molecule has 4 heteroatoms. The van der Waals surface area contributed by atoms with E-state index in [9.17, 15) is 0 Å². The summed E-state index contributed by atoms with van der Waals surface area (Å²) in [5.41, 5.74) is 16.4. The molecule has 0 N–H and O–H groups in total. The number of pyridine rings is 4. The number of rotatable bonds is 8. The van der Waals surface area contributed by atoms with Gasteiger partial charge >= 0.3 is 0 Å². The van der Waals surface area contributed by atoms with E-state index in [2.05, 4.69) is 27.7 Å². The van der Waals surface area contributed by atoms with Gasteiger partial charge in [0.1, 0.15) is 33.7 Å². The maximum atomic E-state index is 8.59. The highest BCUT2D eigenvalue weighted by molar-refractivity contribution is 5.64. The highest BCUT2D eigenvalue weighted by Gasteiger charge is 2.19. The molecule has 8 rings (SSSR count). The minimum Gasteiger partial charge on any atom is -0.201 e. The van der Waals surface area contributed by atoms with Crippen LogP contribution >= 0.6 is 0 Å². The Morgan fingerprint density at radius 3 is 1.14 bits per heavy atom. The fourth-order valence-corrected chi connectivity index (χ4v) is 8.29. The van der Waals surface area contributed by atoms with E-state index in [4.69, 9.17) is 13.7 Å². The predicted molar refractivity (Wildman–Crippen MR) is 297 cm³/mol. The molecule has 70 heavy (non-hydrogen) atoms. The van der Waals surface area contributed by atoms with Gasteiger partial charge in [0.15, 0.2) is 24.7 Å². The number of benzene rings is 4. The summed E-state index contributed by atoms with van der Waals surface area (Å²) in [7, 11) is 7.31. The molecule has 0 unspecified atom stereocenters. The summed E-state index contributed by atoms with van der Waals surface area (Å²) >= 11 is 0. The van der Waals surface area contributed by atoms with Gasteiger partial charge in [-0.3, -0.25) is 0 Å². The predicted octanol–water partition coefficient (Wildman–Crippen LogP) is 15.1. The first-order valence-electron chi connectivity index (χ1n) is 29.7. The zero-order valence-electron chi connectivity index (χ0n) is 55.3. The average molecular weight is 943 g/mol. The minimum atomic E-state index is 0.0584. The quantitative estimate of drug-likeness (QED) is 0.135. The highest BCUT2D eigenvalue weighted by atomic mass is 14.9. The maximum absolute atomic E-state index is 8.59. The van der Waals surface area contributed by atoms with E-state index >= 15 is 0 Å². The lowest BCUT2D eigenvalue weighted by molar-refractivity contribution is -0.661. The Hall–Kier alpha value is -6.52. The Kier molecular flexibility index (Phi) is 14.7. The van der Waals surface area contributed by atoms with Crippen molar-refractivity contribution in [3.8, 4) is 45.0 Å². The van der Waals surface area contributed by atoms with Crippen molar-refractivity contribution < 1.29 is 32.0 Å². The van der Waals surface area contributed by atoms with Gasteiger partial charge in [0.2, 0.25) is 22.8 Å². The molecule has 0 aliphatic rings. The highest BCUT2D eigenvalue weighted by Crippen LogP contribution is 2.28. The van der Waals surface area contributed by atoms with E-state index in [-0.39, 0.29) is 48.0 Å². The molecule has 4 aromatic carbocycles. The zero-order valence-corrected chi connectivity index (χ0v) is 45.3. The van der Waals surface area contributed by atoms with Crippen LogP contribution in [0.25, 0.3) is 45.0 Å². The van der Waals surface area contributed by atoms with E-state index in [0.29, 0.717) is 59.2 Å². The van der Waals surface area contributed by atoms with E-state index in [1.165, 1.54) is 0 Å². The maximum Gasteiger partial charge on any atom is 0.212 e. The van der Waals surface area contributed by atoms with Crippen molar-refractivity contribution in [1.29, 1.82) is 0 Å². The van der Waals surface area contributed by atoms with Crippen molar-refractivity contribution in [2.45, 2.75) is 121 Å². The van der Waals surface area contributed by atoms with Crippen LogP contribution in [0.4, 0.5) is 0 Å². The third-order valence-electron chi connectivity index (χ3n) is 12.5. The fourth-order valence-electron chi connectivity index (χ4n) is 8.29. The van der Waals surface area contributed by atoms with E-state index in [1.54, 1.807) is 23.2 Å². The van der Waals surface area contributed by atoms with Crippen molar-refractivity contribution in [2.24, 2.45) is 28.2 Å². The molecule has 0 amide bonds. The van der Waals surface area contributed by atoms with Crippen LogP contribution in [-0.4, -0.2) is 0 Å². The lowest BCUT2D eigenvalue weighted by Crippen LogP contribution is -2.32. The third-order valence-corrected chi connectivity index (χ3v) is 12.5. The first kappa shape index (κ1) is 41.3.